The Kier molecular flexibility index (Phi) is 6.21. The minimum absolute atomic E-state index is 0.134. The van der Waals surface area contributed by atoms with E-state index in [9.17, 15) is 4.79 Å². The summed E-state index contributed by atoms with van der Waals surface area (Å²) < 4.78 is 5.23. The number of hydrogen-bond donors (Lipinski definition) is 0. The van der Waals surface area contributed by atoms with Crippen LogP contribution < -0.4 is 0 Å². The molecule has 0 rings (SSSR count). The summed E-state index contributed by atoms with van der Waals surface area (Å²) in [6.45, 7) is 12.5. The molecule has 0 saturated carbocycles. The number of ether oxygens (including phenoxy) is 1. The predicted octanol–water partition coefficient (Wildman–Crippen LogP) is 2.18. The van der Waals surface area contributed by atoms with Gasteiger partial charge in [0.25, 0.3) is 0 Å². The van der Waals surface area contributed by atoms with E-state index in [1.807, 2.05) is 6.92 Å². The number of esters is 1. The first kappa shape index (κ1) is 13.2. The molecule has 0 amide bonds. The number of hydrogen-bond acceptors (Lipinski definition) is 3. The zero-order valence-electron chi connectivity index (χ0n) is 9.62. The van der Waals surface area contributed by atoms with Gasteiger partial charge >= 0.3 is 5.97 Å². The molecule has 0 heterocycles. The van der Waals surface area contributed by atoms with Crippen LogP contribution in [-0.4, -0.2) is 29.7 Å². The fraction of sp³-hybridized carbons (Fsp3) is 0.727. The quantitative estimate of drug-likeness (QED) is 0.373. The van der Waals surface area contributed by atoms with Gasteiger partial charge in [-0.25, -0.2) is 4.79 Å². The molecular weight excluding hydrogens is 178 g/mol. The van der Waals surface area contributed by atoms with Gasteiger partial charge in [0.15, 0.2) is 6.23 Å². The average Bonchev–Trinajstić information content (AvgIpc) is 2.16. The minimum Gasteiger partial charge on any atom is -0.443 e. The predicted molar refractivity (Wildman–Crippen MR) is 57.9 cm³/mol. The first-order chi connectivity index (χ1) is 6.56. The smallest absolute Gasteiger partial charge is 0.331 e. The Morgan fingerprint density at radius 3 is 2.36 bits per heavy atom. The van der Waals surface area contributed by atoms with Crippen molar-refractivity contribution in [2.75, 3.05) is 6.54 Å². The van der Waals surface area contributed by atoms with Crippen LogP contribution >= 0.6 is 0 Å². The molecule has 1 atom stereocenters. The second kappa shape index (κ2) is 6.60. The van der Waals surface area contributed by atoms with Crippen LogP contribution in [0.2, 0.25) is 0 Å². The van der Waals surface area contributed by atoms with E-state index >= 15 is 0 Å². The van der Waals surface area contributed by atoms with E-state index in [-0.39, 0.29) is 12.2 Å². The van der Waals surface area contributed by atoms with E-state index in [4.69, 9.17) is 4.74 Å². The van der Waals surface area contributed by atoms with E-state index in [0.717, 1.165) is 13.0 Å². The van der Waals surface area contributed by atoms with Crippen molar-refractivity contribution in [1.29, 1.82) is 0 Å². The van der Waals surface area contributed by atoms with Gasteiger partial charge in [0.1, 0.15) is 0 Å². The molecule has 0 radical (unpaired) electrons. The Hall–Kier alpha value is -0.830. The highest BCUT2D eigenvalue weighted by Crippen LogP contribution is 2.10. The molecule has 3 heteroatoms. The lowest BCUT2D eigenvalue weighted by atomic mass is 10.2. The third-order valence-corrected chi connectivity index (χ3v) is 2.17. The molecule has 3 nitrogen and oxygen atoms in total. The van der Waals surface area contributed by atoms with Crippen LogP contribution in [0.4, 0.5) is 0 Å². The number of nitrogens with zero attached hydrogens (tertiary/aromatic N) is 1. The molecule has 0 aliphatic rings. The van der Waals surface area contributed by atoms with Crippen LogP contribution in [-0.2, 0) is 9.53 Å². The summed E-state index contributed by atoms with van der Waals surface area (Å²) in [4.78, 5) is 13.2. The normalized spacial score (nSPS) is 13.0. The molecule has 0 spiro atoms. The van der Waals surface area contributed by atoms with E-state index in [1.165, 1.54) is 6.08 Å². The van der Waals surface area contributed by atoms with Gasteiger partial charge in [0, 0.05) is 12.1 Å². The number of carbonyl (C=O) groups is 1. The maximum Gasteiger partial charge on any atom is 0.331 e. The lowest BCUT2D eigenvalue weighted by Gasteiger charge is -2.32. The van der Waals surface area contributed by atoms with Gasteiger partial charge in [-0.3, -0.25) is 4.90 Å². The Balaban J connectivity index is 4.35. The van der Waals surface area contributed by atoms with Crippen LogP contribution in [0.3, 0.4) is 0 Å². The first-order valence-corrected chi connectivity index (χ1v) is 5.15. The highest BCUT2D eigenvalue weighted by molar-refractivity contribution is 5.81. The largest absolute Gasteiger partial charge is 0.443 e. The summed E-state index contributed by atoms with van der Waals surface area (Å²) in [6, 6.07) is 0.377. The number of rotatable bonds is 6. The highest BCUT2D eigenvalue weighted by atomic mass is 16.6. The lowest BCUT2D eigenvalue weighted by Crippen LogP contribution is -2.42. The highest BCUT2D eigenvalue weighted by Gasteiger charge is 2.20. The van der Waals surface area contributed by atoms with Crippen molar-refractivity contribution in [3.8, 4) is 0 Å². The van der Waals surface area contributed by atoms with Crippen LogP contribution in [0.15, 0.2) is 12.7 Å². The molecule has 82 valence electrons. The van der Waals surface area contributed by atoms with E-state index in [0.29, 0.717) is 6.04 Å². The Labute approximate surface area is 86.7 Å². The molecule has 0 aliphatic heterocycles. The van der Waals surface area contributed by atoms with Gasteiger partial charge in [0.2, 0.25) is 0 Å². The van der Waals surface area contributed by atoms with E-state index < -0.39 is 0 Å². The Bertz CT molecular complexity index is 190. The summed E-state index contributed by atoms with van der Waals surface area (Å²) in [7, 11) is 0. The maximum atomic E-state index is 11.1. The molecule has 0 aromatic heterocycles. The molecule has 0 aromatic rings. The number of carbonyl (C=O) groups excluding carboxylic acids is 1. The standard InChI is InChI=1S/C11H21NO2/c1-6-10(14-11(13)7-2)12(8-3)9(4)5/h7,9-10H,2,6,8H2,1,3-5H3. The van der Waals surface area contributed by atoms with Crippen LogP contribution in [0.1, 0.15) is 34.1 Å². The second-order valence-electron chi connectivity index (χ2n) is 3.43. The molecule has 0 fully saturated rings. The SMILES string of the molecule is C=CC(=O)OC(CC)N(CC)C(C)C. The monoisotopic (exact) mass is 199 g/mol. The van der Waals surface area contributed by atoms with Gasteiger partial charge < -0.3 is 4.74 Å². The first-order valence-electron chi connectivity index (χ1n) is 5.15. The second-order valence-corrected chi connectivity index (χ2v) is 3.43. The van der Waals surface area contributed by atoms with Crippen molar-refractivity contribution in [3.63, 3.8) is 0 Å². The molecule has 14 heavy (non-hydrogen) atoms. The third-order valence-electron chi connectivity index (χ3n) is 2.17. The summed E-state index contributed by atoms with van der Waals surface area (Å²) >= 11 is 0. The van der Waals surface area contributed by atoms with Crippen LogP contribution in [0, 0.1) is 0 Å². The molecular formula is C11H21NO2. The Morgan fingerprint density at radius 1 is 1.50 bits per heavy atom. The van der Waals surface area contributed by atoms with Gasteiger partial charge in [-0.05, 0) is 26.8 Å². The van der Waals surface area contributed by atoms with Gasteiger partial charge in [-0.2, -0.15) is 0 Å². The van der Waals surface area contributed by atoms with Gasteiger partial charge in [-0.1, -0.05) is 20.4 Å². The minimum atomic E-state index is -0.351. The molecule has 0 aromatic carbocycles. The third kappa shape index (κ3) is 3.92. The summed E-state index contributed by atoms with van der Waals surface area (Å²) in [5.74, 6) is -0.351. The fourth-order valence-electron chi connectivity index (χ4n) is 1.47. The summed E-state index contributed by atoms with van der Waals surface area (Å²) in [5.41, 5.74) is 0. The fourth-order valence-corrected chi connectivity index (χ4v) is 1.47. The molecule has 0 aliphatic carbocycles. The molecule has 0 N–H and O–H groups in total. The zero-order chi connectivity index (χ0) is 11.1. The van der Waals surface area contributed by atoms with Crippen LogP contribution in [0.25, 0.3) is 0 Å². The van der Waals surface area contributed by atoms with Crippen LogP contribution in [0.5, 0.6) is 0 Å². The topological polar surface area (TPSA) is 29.5 Å². The van der Waals surface area contributed by atoms with Crippen molar-refractivity contribution >= 4 is 5.97 Å². The molecule has 0 saturated heterocycles. The molecule has 1 unspecified atom stereocenters. The lowest BCUT2D eigenvalue weighted by molar-refractivity contribution is -0.155. The Morgan fingerprint density at radius 2 is 2.07 bits per heavy atom. The van der Waals surface area contributed by atoms with Crippen molar-refractivity contribution < 1.29 is 9.53 Å². The zero-order valence-corrected chi connectivity index (χ0v) is 9.62. The van der Waals surface area contributed by atoms with Gasteiger partial charge in [0.05, 0.1) is 0 Å². The maximum absolute atomic E-state index is 11.1. The van der Waals surface area contributed by atoms with Gasteiger partial charge in [-0.15, -0.1) is 0 Å². The van der Waals surface area contributed by atoms with Crippen molar-refractivity contribution in [3.05, 3.63) is 12.7 Å². The molecule has 0 bridgehead atoms. The van der Waals surface area contributed by atoms with E-state index in [1.54, 1.807) is 0 Å². The van der Waals surface area contributed by atoms with Crippen molar-refractivity contribution in [2.24, 2.45) is 0 Å². The van der Waals surface area contributed by atoms with Crippen molar-refractivity contribution in [2.45, 2.75) is 46.4 Å². The average molecular weight is 199 g/mol. The van der Waals surface area contributed by atoms with Crippen molar-refractivity contribution in [1.82, 2.24) is 4.90 Å². The summed E-state index contributed by atoms with van der Waals surface area (Å²) in [5, 5.41) is 0. The van der Waals surface area contributed by atoms with E-state index in [2.05, 4.69) is 32.3 Å². The summed E-state index contributed by atoms with van der Waals surface area (Å²) in [6.07, 6.45) is 1.87.